The van der Waals surface area contributed by atoms with E-state index in [1.165, 1.54) is 0 Å². The van der Waals surface area contributed by atoms with Crippen LogP contribution < -0.4 is 5.32 Å². The first-order chi connectivity index (χ1) is 5.77. The fourth-order valence-electron chi connectivity index (χ4n) is 1.42. The van der Waals surface area contributed by atoms with Gasteiger partial charge < -0.3 is 5.32 Å². The number of hydrogen-bond acceptors (Lipinski definition) is 2. The van der Waals surface area contributed by atoms with E-state index in [1.54, 1.807) is 6.92 Å². The highest BCUT2D eigenvalue weighted by atomic mass is 16.1. The van der Waals surface area contributed by atoms with Crippen molar-refractivity contribution in [2.24, 2.45) is 0 Å². The predicted octanol–water partition coefficient (Wildman–Crippen LogP) is 1.21. The van der Waals surface area contributed by atoms with Crippen LogP contribution in [0.4, 0.5) is 5.69 Å². The third-order valence-corrected chi connectivity index (χ3v) is 2.14. The van der Waals surface area contributed by atoms with Crippen LogP contribution in [0, 0.1) is 12.1 Å². The Morgan fingerprint density at radius 2 is 2.33 bits per heavy atom. The van der Waals surface area contributed by atoms with Gasteiger partial charge in [0, 0.05) is 18.2 Å². The van der Waals surface area contributed by atoms with Crippen molar-refractivity contribution in [1.82, 2.24) is 0 Å². The molecule has 2 heteroatoms. The number of fused-ring (bicyclic) bond motifs is 1. The molecule has 0 saturated carbocycles. The average molecular weight is 159 g/mol. The number of ketones is 1. The van der Waals surface area contributed by atoms with Crippen LogP contribution in [0.25, 0.3) is 0 Å². The van der Waals surface area contributed by atoms with Gasteiger partial charge in [-0.05, 0) is 18.6 Å². The van der Waals surface area contributed by atoms with E-state index in [1.807, 2.05) is 12.1 Å². The summed E-state index contributed by atoms with van der Waals surface area (Å²) in [5.74, 6) is 0.186. The molecular formula is C10H9NO. The lowest BCUT2D eigenvalue weighted by molar-refractivity contribution is -0.117. The minimum absolute atomic E-state index is 0.0378. The summed E-state index contributed by atoms with van der Waals surface area (Å²) in [6.45, 7) is 1.61. The quantitative estimate of drug-likeness (QED) is 0.667. The summed E-state index contributed by atoms with van der Waals surface area (Å²) in [7, 11) is 0. The summed E-state index contributed by atoms with van der Waals surface area (Å²) in [5.41, 5.74) is 2.18. The first-order valence-electron chi connectivity index (χ1n) is 3.95. The molecule has 1 heterocycles. The molecule has 0 aromatic heterocycles. The number of carbonyl (C=O) groups excluding carboxylic acids is 1. The van der Waals surface area contributed by atoms with Gasteiger partial charge in [-0.3, -0.25) is 4.79 Å². The SMILES string of the molecule is CC(=O)C1Cc2cc#ccc2N1. The highest BCUT2D eigenvalue weighted by Crippen LogP contribution is 2.23. The van der Waals surface area contributed by atoms with Crippen molar-refractivity contribution in [2.75, 3.05) is 5.32 Å². The molecule has 60 valence electrons. The van der Waals surface area contributed by atoms with Crippen molar-refractivity contribution < 1.29 is 4.79 Å². The maximum Gasteiger partial charge on any atom is 0.152 e. The van der Waals surface area contributed by atoms with Gasteiger partial charge in [-0.2, -0.15) is 0 Å². The molecule has 0 radical (unpaired) electrons. The van der Waals surface area contributed by atoms with Crippen molar-refractivity contribution in [3.8, 4) is 0 Å². The molecule has 0 spiro atoms. The Balaban J connectivity index is 2.27. The molecular weight excluding hydrogens is 150 g/mol. The zero-order valence-corrected chi connectivity index (χ0v) is 6.85. The number of nitrogens with one attached hydrogen (secondary N) is 1. The molecule has 2 rings (SSSR count). The molecule has 12 heavy (non-hydrogen) atoms. The Labute approximate surface area is 71.6 Å². The summed E-state index contributed by atoms with van der Waals surface area (Å²) in [5, 5.41) is 3.13. The van der Waals surface area contributed by atoms with E-state index in [-0.39, 0.29) is 11.8 Å². The van der Waals surface area contributed by atoms with Crippen LogP contribution in [-0.4, -0.2) is 11.8 Å². The Morgan fingerprint density at radius 3 is 3.00 bits per heavy atom. The van der Waals surface area contributed by atoms with Crippen LogP contribution in [0.2, 0.25) is 0 Å². The Bertz CT molecular complexity index is 294. The smallest absolute Gasteiger partial charge is 0.152 e. The van der Waals surface area contributed by atoms with Gasteiger partial charge in [0.05, 0.1) is 6.04 Å². The lowest BCUT2D eigenvalue weighted by Gasteiger charge is -2.04. The van der Waals surface area contributed by atoms with E-state index in [2.05, 4.69) is 17.4 Å². The van der Waals surface area contributed by atoms with Gasteiger partial charge in [0.25, 0.3) is 0 Å². The molecule has 0 aliphatic carbocycles. The van der Waals surface area contributed by atoms with Gasteiger partial charge in [0.2, 0.25) is 0 Å². The van der Waals surface area contributed by atoms with Crippen LogP contribution in [0.3, 0.4) is 0 Å². The molecule has 2 nitrogen and oxygen atoms in total. The molecule has 1 aliphatic heterocycles. The minimum Gasteiger partial charge on any atom is -0.374 e. The Hall–Kier alpha value is -1.49. The Morgan fingerprint density at radius 1 is 1.58 bits per heavy atom. The summed E-state index contributed by atoms with van der Waals surface area (Å²) in [6.07, 6.45) is 0.788. The molecule has 1 N–H and O–H groups in total. The summed E-state index contributed by atoms with van der Waals surface area (Å²) < 4.78 is 0. The highest BCUT2D eigenvalue weighted by molar-refractivity contribution is 5.87. The molecule has 1 unspecified atom stereocenters. The fourth-order valence-corrected chi connectivity index (χ4v) is 1.42. The van der Waals surface area contributed by atoms with E-state index in [4.69, 9.17) is 0 Å². The number of rotatable bonds is 1. The zero-order chi connectivity index (χ0) is 8.55. The number of anilines is 1. The largest absolute Gasteiger partial charge is 0.374 e. The van der Waals surface area contributed by atoms with Crippen molar-refractivity contribution in [1.29, 1.82) is 0 Å². The van der Waals surface area contributed by atoms with Crippen LogP contribution in [0.1, 0.15) is 12.5 Å². The minimum atomic E-state index is -0.0378. The third-order valence-electron chi connectivity index (χ3n) is 2.14. The molecule has 1 aliphatic rings. The maximum atomic E-state index is 11.0. The van der Waals surface area contributed by atoms with E-state index in [0.29, 0.717) is 0 Å². The first-order valence-corrected chi connectivity index (χ1v) is 3.95. The van der Waals surface area contributed by atoms with Gasteiger partial charge in [0.1, 0.15) is 0 Å². The average Bonchev–Trinajstić information content (AvgIpc) is 2.46. The number of carbonyl (C=O) groups is 1. The van der Waals surface area contributed by atoms with E-state index in [0.717, 1.165) is 17.7 Å². The van der Waals surface area contributed by atoms with Crippen molar-refractivity contribution in [2.45, 2.75) is 19.4 Å². The first kappa shape index (κ1) is 7.17. The fraction of sp³-hybridized carbons (Fsp3) is 0.300. The third kappa shape index (κ3) is 1.04. The van der Waals surface area contributed by atoms with E-state index < -0.39 is 0 Å². The summed E-state index contributed by atoms with van der Waals surface area (Å²) in [4.78, 5) is 11.0. The molecule has 1 aromatic carbocycles. The molecule has 0 saturated heterocycles. The second-order valence-electron chi connectivity index (χ2n) is 3.03. The monoisotopic (exact) mass is 159 g/mol. The second-order valence-corrected chi connectivity index (χ2v) is 3.03. The van der Waals surface area contributed by atoms with E-state index in [9.17, 15) is 4.79 Å². The lowest BCUT2D eigenvalue weighted by atomic mass is 10.1. The van der Waals surface area contributed by atoms with Crippen LogP contribution in [0.5, 0.6) is 0 Å². The van der Waals surface area contributed by atoms with E-state index >= 15 is 0 Å². The molecule has 1 aromatic rings. The van der Waals surface area contributed by atoms with Crippen LogP contribution >= 0.6 is 0 Å². The molecule has 0 fully saturated rings. The molecule has 0 bridgehead atoms. The van der Waals surface area contributed by atoms with Gasteiger partial charge in [-0.25, -0.2) is 0 Å². The van der Waals surface area contributed by atoms with Gasteiger partial charge in [0.15, 0.2) is 5.78 Å². The number of hydrogen-bond donors (Lipinski definition) is 1. The summed E-state index contributed by atoms with van der Waals surface area (Å²) >= 11 is 0. The van der Waals surface area contributed by atoms with Gasteiger partial charge >= 0.3 is 0 Å². The highest BCUT2D eigenvalue weighted by Gasteiger charge is 2.22. The van der Waals surface area contributed by atoms with Crippen LogP contribution in [-0.2, 0) is 11.2 Å². The summed E-state index contributed by atoms with van der Waals surface area (Å²) in [6, 6.07) is 9.40. The van der Waals surface area contributed by atoms with Crippen molar-refractivity contribution >= 4 is 11.5 Å². The lowest BCUT2D eigenvalue weighted by Crippen LogP contribution is -2.23. The maximum absolute atomic E-state index is 11.0. The van der Waals surface area contributed by atoms with Gasteiger partial charge in [-0.15, -0.1) is 0 Å². The number of Topliss-reactive ketones (excluding diaryl/α,β-unsaturated/α-hetero) is 1. The standard InChI is InChI=1S/C10H9NO/c1-7(12)10-6-8-4-2-3-5-9(8)11-10/h4-5,10-11H,6H2,1H3. The zero-order valence-electron chi connectivity index (χ0n) is 6.85. The topological polar surface area (TPSA) is 29.1 Å². The van der Waals surface area contributed by atoms with Crippen molar-refractivity contribution in [3.05, 3.63) is 29.8 Å². The second kappa shape index (κ2) is 2.53. The predicted molar refractivity (Wildman–Crippen MR) is 45.9 cm³/mol. The normalized spacial score (nSPS) is 19.2. The van der Waals surface area contributed by atoms with Gasteiger partial charge in [-0.1, -0.05) is 12.1 Å². The Kier molecular flexibility index (Phi) is 1.51. The molecule has 0 amide bonds. The molecule has 1 atom stereocenters. The van der Waals surface area contributed by atoms with Crippen LogP contribution in [0.15, 0.2) is 12.1 Å². The van der Waals surface area contributed by atoms with Crippen molar-refractivity contribution in [3.63, 3.8) is 0 Å².